The Morgan fingerprint density at radius 1 is 1.03 bits per heavy atom. The van der Waals surface area contributed by atoms with E-state index in [0.29, 0.717) is 54.6 Å². The Bertz CT molecular complexity index is 995. The molecule has 30 heavy (non-hydrogen) atoms. The van der Waals surface area contributed by atoms with E-state index in [0.717, 1.165) is 19.4 Å². The summed E-state index contributed by atoms with van der Waals surface area (Å²) in [5, 5.41) is 0. The Hall–Kier alpha value is -2.86. The van der Waals surface area contributed by atoms with Crippen molar-refractivity contribution in [3.63, 3.8) is 0 Å². The van der Waals surface area contributed by atoms with E-state index in [4.69, 9.17) is 9.47 Å². The highest BCUT2D eigenvalue weighted by Gasteiger charge is 2.42. The van der Waals surface area contributed by atoms with Gasteiger partial charge in [0.25, 0.3) is 5.78 Å². The first-order valence-electron chi connectivity index (χ1n) is 10.7. The van der Waals surface area contributed by atoms with Crippen LogP contribution < -0.4 is 19.3 Å². The molecule has 1 N–H and O–H groups in total. The van der Waals surface area contributed by atoms with E-state index in [1.165, 1.54) is 16.0 Å². The summed E-state index contributed by atoms with van der Waals surface area (Å²) in [4.78, 5) is 28.4. The molecular weight excluding hydrogens is 380 g/mol. The standard InChI is InChI=1S/C24H26N2O4/c1-15(2)17-5-3-16(4-6-17)13-25(18-7-8-18)14-26-20-12-22-21(29-9-10-30-22)11-19(20)23(27)24(26)28/h3-6,11-12,15,18H,7-10,13-14H2,1-2H3/p+1. The SMILES string of the molecule is CC(C)c1ccc(C[NH+](CN2C(=O)C(=O)c3cc4c(cc32)OCCO4)C2CC2)cc1. The van der Waals surface area contributed by atoms with E-state index < -0.39 is 11.7 Å². The molecule has 6 heteroatoms. The Balaban J connectivity index is 1.39. The number of hydrogen-bond donors (Lipinski definition) is 1. The molecule has 1 saturated carbocycles. The molecule has 1 amide bonds. The number of anilines is 1. The third-order valence-electron chi connectivity index (χ3n) is 6.23. The summed E-state index contributed by atoms with van der Waals surface area (Å²) in [5.41, 5.74) is 3.64. The maximum absolute atomic E-state index is 12.8. The molecule has 6 nitrogen and oxygen atoms in total. The Labute approximate surface area is 176 Å². The molecule has 0 bridgehead atoms. The van der Waals surface area contributed by atoms with Crippen molar-refractivity contribution in [2.24, 2.45) is 0 Å². The van der Waals surface area contributed by atoms with Gasteiger partial charge in [0, 0.05) is 24.5 Å². The van der Waals surface area contributed by atoms with Crippen molar-refractivity contribution in [3.05, 3.63) is 53.1 Å². The number of quaternary nitrogens is 1. The molecule has 1 unspecified atom stereocenters. The quantitative estimate of drug-likeness (QED) is 0.747. The molecule has 1 fully saturated rings. The molecule has 1 aliphatic carbocycles. The normalized spacial score (nSPS) is 18.7. The fourth-order valence-corrected chi connectivity index (χ4v) is 4.29. The van der Waals surface area contributed by atoms with Crippen molar-refractivity contribution >= 4 is 17.4 Å². The van der Waals surface area contributed by atoms with Gasteiger partial charge in [0.15, 0.2) is 18.2 Å². The number of ketones is 1. The van der Waals surface area contributed by atoms with E-state index in [1.807, 2.05) is 0 Å². The molecule has 1 atom stereocenters. The minimum atomic E-state index is -0.460. The van der Waals surface area contributed by atoms with Gasteiger partial charge in [0.05, 0.1) is 17.3 Å². The van der Waals surface area contributed by atoms with Gasteiger partial charge in [-0.1, -0.05) is 38.1 Å². The molecule has 2 heterocycles. The van der Waals surface area contributed by atoms with Crippen molar-refractivity contribution in [1.82, 2.24) is 0 Å². The lowest BCUT2D eigenvalue weighted by molar-refractivity contribution is -0.923. The monoisotopic (exact) mass is 407 g/mol. The first-order chi connectivity index (χ1) is 14.5. The second-order valence-electron chi connectivity index (χ2n) is 8.74. The van der Waals surface area contributed by atoms with E-state index in [-0.39, 0.29) is 0 Å². The summed E-state index contributed by atoms with van der Waals surface area (Å²) in [6.45, 7) is 6.62. The van der Waals surface area contributed by atoms with Crippen molar-refractivity contribution in [2.75, 3.05) is 24.8 Å². The molecule has 2 aromatic carbocycles. The molecular formula is C24H27N2O4+. The molecule has 3 aliphatic rings. The van der Waals surface area contributed by atoms with Gasteiger partial charge in [-0.2, -0.15) is 0 Å². The lowest BCUT2D eigenvalue weighted by atomic mass is 10.0. The van der Waals surface area contributed by atoms with Gasteiger partial charge in [0.1, 0.15) is 19.8 Å². The first kappa shape index (κ1) is 19.1. The van der Waals surface area contributed by atoms with Crippen molar-refractivity contribution in [3.8, 4) is 11.5 Å². The first-order valence-corrected chi connectivity index (χ1v) is 10.7. The van der Waals surface area contributed by atoms with Crippen LogP contribution >= 0.6 is 0 Å². The summed E-state index contributed by atoms with van der Waals surface area (Å²) in [5.74, 6) is 0.733. The second kappa shape index (κ2) is 7.43. The predicted octanol–water partition coefficient (Wildman–Crippen LogP) is 2.32. The maximum Gasteiger partial charge on any atom is 0.303 e. The fourth-order valence-electron chi connectivity index (χ4n) is 4.29. The fraction of sp³-hybridized carbons (Fsp3) is 0.417. The van der Waals surface area contributed by atoms with Gasteiger partial charge in [-0.3, -0.25) is 14.5 Å². The minimum absolute atomic E-state index is 0.417. The van der Waals surface area contributed by atoms with Gasteiger partial charge in [-0.05, 0) is 17.5 Å². The average Bonchev–Trinajstić information content (AvgIpc) is 3.57. The van der Waals surface area contributed by atoms with Crippen LogP contribution in [-0.4, -0.2) is 37.6 Å². The predicted molar refractivity (Wildman–Crippen MR) is 112 cm³/mol. The van der Waals surface area contributed by atoms with Gasteiger partial charge < -0.3 is 14.4 Å². The van der Waals surface area contributed by atoms with Crippen LogP contribution in [0.2, 0.25) is 0 Å². The summed E-state index contributed by atoms with van der Waals surface area (Å²) < 4.78 is 11.3. The number of nitrogens with zero attached hydrogens (tertiary/aromatic N) is 1. The number of benzene rings is 2. The summed E-state index contributed by atoms with van der Waals surface area (Å²) >= 11 is 0. The molecule has 2 aliphatic heterocycles. The maximum atomic E-state index is 12.8. The minimum Gasteiger partial charge on any atom is -0.486 e. The van der Waals surface area contributed by atoms with Crippen LogP contribution in [0.15, 0.2) is 36.4 Å². The number of Topliss-reactive ketones (excluding diaryl/α,β-unsaturated/α-hetero) is 1. The third kappa shape index (κ3) is 3.45. The lowest BCUT2D eigenvalue weighted by Crippen LogP contribution is -3.13. The topological polar surface area (TPSA) is 60.3 Å². The van der Waals surface area contributed by atoms with Crippen molar-refractivity contribution in [2.45, 2.75) is 45.2 Å². The third-order valence-corrected chi connectivity index (χ3v) is 6.23. The zero-order valence-electron chi connectivity index (χ0n) is 17.4. The Morgan fingerprint density at radius 2 is 1.70 bits per heavy atom. The van der Waals surface area contributed by atoms with E-state index >= 15 is 0 Å². The van der Waals surface area contributed by atoms with E-state index in [9.17, 15) is 9.59 Å². The zero-order valence-corrected chi connectivity index (χ0v) is 17.4. The van der Waals surface area contributed by atoms with Crippen LogP contribution in [-0.2, 0) is 11.3 Å². The number of ether oxygens (including phenoxy) is 2. The molecule has 0 saturated heterocycles. The number of fused-ring (bicyclic) bond motifs is 2. The number of rotatable bonds is 6. The Kier molecular flexibility index (Phi) is 4.74. The molecule has 0 spiro atoms. The van der Waals surface area contributed by atoms with Crippen molar-refractivity contribution < 1.29 is 24.0 Å². The number of amides is 1. The number of carbonyl (C=O) groups excluding carboxylic acids is 2. The van der Waals surface area contributed by atoms with E-state index in [2.05, 4.69) is 38.1 Å². The highest BCUT2D eigenvalue weighted by molar-refractivity contribution is 6.52. The smallest absolute Gasteiger partial charge is 0.303 e. The number of hydrogen-bond acceptors (Lipinski definition) is 4. The largest absolute Gasteiger partial charge is 0.486 e. The molecule has 0 aromatic heterocycles. The molecule has 156 valence electrons. The van der Waals surface area contributed by atoms with Crippen LogP contribution in [0.3, 0.4) is 0 Å². The lowest BCUT2D eigenvalue weighted by Gasteiger charge is -2.26. The van der Waals surface area contributed by atoms with Gasteiger partial charge in [-0.15, -0.1) is 0 Å². The summed E-state index contributed by atoms with van der Waals surface area (Å²) in [6, 6.07) is 12.7. The van der Waals surface area contributed by atoms with Crippen LogP contribution in [0.25, 0.3) is 0 Å². The van der Waals surface area contributed by atoms with Crippen LogP contribution in [0.5, 0.6) is 11.5 Å². The van der Waals surface area contributed by atoms with Gasteiger partial charge >= 0.3 is 5.91 Å². The average molecular weight is 407 g/mol. The number of carbonyl (C=O) groups is 2. The number of nitrogens with one attached hydrogen (secondary N) is 1. The zero-order chi connectivity index (χ0) is 20.8. The van der Waals surface area contributed by atoms with E-state index in [1.54, 1.807) is 17.0 Å². The van der Waals surface area contributed by atoms with Crippen LogP contribution in [0.4, 0.5) is 5.69 Å². The van der Waals surface area contributed by atoms with Crippen LogP contribution in [0, 0.1) is 0 Å². The van der Waals surface area contributed by atoms with Crippen LogP contribution in [0.1, 0.15) is 54.1 Å². The summed E-state index contributed by atoms with van der Waals surface area (Å²) in [6.07, 6.45) is 2.31. The van der Waals surface area contributed by atoms with Gasteiger partial charge in [0.2, 0.25) is 0 Å². The molecule has 2 aromatic rings. The highest BCUT2D eigenvalue weighted by atomic mass is 16.6. The Morgan fingerprint density at radius 3 is 2.33 bits per heavy atom. The second-order valence-corrected chi connectivity index (χ2v) is 8.74. The highest BCUT2D eigenvalue weighted by Crippen LogP contribution is 2.40. The summed E-state index contributed by atoms with van der Waals surface area (Å²) in [7, 11) is 0. The molecule has 0 radical (unpaired) electrons. The molecule has 5 rings (SSSR count). The van der Waals surface area contributed by atoms with Crippen molar-refractivity contribution in [1.29, 1.82) is 0 Å². The van der Waals surface area contributed by atoms with Gasteiger partial charge in [-0.25, -0.2) is 0 Å².